The lowest BCUT2D eigenvalue weighted by atomic mass is 10.1. The fraction of sp³-hybridized carbons (Fsp3) is 0.417. The Morgan fingerprint density at radius 3 is 2.53 bits per heavy atom. The molecule has 2 rings (SSSR count). The highest BCUT2D eigenvalue weighted by molar-refractivity contribution is 9.10. The van der Waals surface area contributed by atoms with E-state index < -0.39 is 23.1 Å². The largest absolute Gasteiger partial charge is 0.336 e. The molecule has 19 heavy (non-hydrogen) atoms. The normalized spacial score (nSPS) is 18.9. The predicted molar refractivity (Wildman–Crippen MR) is 74.7 cm³/mol. The van der Waals surface area contributed by atoms with Gasteiger partial charge in [-0.1, -0.05) is 15.9 Å². The maximum Gasteiger partial charge on any atom is 0.259 e. The summed E-state index contributed by atoms with van der Waals surface area (Å²) in [5.74, 6) is -2.26. The summed E-state index contributed by atoms with van der Waals surface area (Å²) < 4.78 is 27.6. The number of hydrogen-bond donors (Lipinski definition) is 1. The highest BCUT2D eigenvalue weighted by Crippen LogP contribution is 2.21. The minimum Gasteiger partial charge on any atom is -0.336 e. The molecule has 1 saturated heterocycles. The number of rotatable bonds is 1. The van der Waals surface area contributed by atoms with E-state index in [1.54, 1.807) is 0 Å². The minimum absolute atomic E-state index is 0. The summed E-state index contributed by atoms with van der Waals surface area (Å²) in [7, 11) is 0. The van der Waals surface area contributed by atoms with Crippen molar-refractivity contribution in [2.75, 3.05) is 19.6 Å². The van der Waals surface area contributed by atoms with Gasteiger partial charge >= 0.3 is 0 Å². The fourth-order valence-corrected chi connectivity index (χ4v) is 2.42. The minimum atomic E-state index is -0.835. The number of halogens is 4. The van der Waals surface area contributed by atoms with Crippen molar-refractivity contribution in [3.8, 4) is 0 Å². The van der Waals surface area contributed by atoms with Crippen molar-refractivity contribution < 1.29 is 13.6 Å². The average molecular weight is 356 g/mol. The molecule has 1 atom stereocenters. The van der Waals surface area contributed by atoms with E-state index in [9.17, 15) is 13.6 Å². The van der Waals surface area contributed by atoms with Crippen LogP contribution in [0.2, 0.25) is 0 Å². The molecule has 0 saturated carbocycles. The van der Waals surface area contributed by atoms with E-state index in [1.165, 1.54) is 4.90 Å². The topological polar surface area (TPSA) is 32.3 Å². The number of nitrogens with one attached hydrogen (secondary N) is 1. The first-order valence-electron chi connectivity index (χ1n) is 5.66. The monoisotopic (exact) mass is 354 g/mol. The Morgan fingerprint density at radius 2 is 2.00 bits per heavy atom. The van der Waals surface area contributed by atoms with Gasteiger partial charge in [-0.3, -0.25) is 4.79 Å². The molecular weight excluding hydrogens is 341 g/mol. The molecule has 0 spiro atoms. The lowest BCUT2D eigenvalue weighted by Gasteiger charge is -2.32. The van der Waals surface area contributed by atoms with Gasteiger partial charge in [-0.05, 0) is 19.1 Å². The van der Waals surface area contributed by atoms with Crippen molar-refractivity contribution in [3.63, 3.8) is 0 Å². The summed E-state index contributed by atoms with van der Waals surface area (Å²) >= 11 is 2.99. The molecule has 1 aliphatic heterocycles. The molecule has 1 aromatic carbocycles. The molecule has 1 aromatic rings. The number of benzene rings is 1. The molecule has 7 heteroatoms. The van der Waals surface area contributed by atoms with Crippen LogP contribution < -0.4 is 5.32 Å². The van der Waals surface area contributed by atoms with Crippen molar-refractivity contribution >= 4 is 34.2 Å². The molecule has 0 aromatic heterocycles. The molecule has 1 N–H and O–H groups in total. The maximum atomic E-state index is 13.7. The van der Waals surface area contributed by atoms with Gasteiger partial charge in [0.1, 0.15) is 17.2 Å². The third-order valence-electron chi connectivity index (χ3n) is 2.88. The number of amides is 1. The summed E-state index contributed by atoms with van der Waals surface area (Å²) in [5.41, 5.74) is -0.479. The molecular formula is C12H14BrClF2N2O. The standard InChI is InChI=1S/C12H13BrF2N2O.ClH/c1-7-6-17(3-2-16-7)12(18)11-9(14)4-8(13)5-10(11)15;/h4-5,7,16H,2-3,6H2,1H3;1H/t7-;/m0./s1. The number of carbonyl (C=O) groups excluding carboxylic acids is 1. The molecule has 1 heterocycles. The SMILES string of the molecule is C[C@H]1CN(C(=O)c2c(F)cc(Br)cc2F)CCN1.Cl. The van der Waals surface area contributed by atoms with E-state index in [2.05, 4.69) is 21.2 Å². The Morgan fingerprint density at radius 1 is 1.42 bits per heavy atom. The Bertz CT molecular complexity index is 464. The highest BCUT2D eigenvalue weighted by Gasteiger charge is 2.26. The van der Waals surface area contributed by atoms with E-state index in [0.717, 1.165) is 12.1 Å². The Kier molecular flexibility index (Phi) is 5.70. The van der Waals surface area contributed by atoms with Gasteiger partial charge in [0, 0.05) is 30.1 Å². The quantitative estimate of drug-likeness (QED) is 0.840. The van der Waals surface area contributed by atoms with E-state index in [-0.39, 0.29) is 22.9 Å². The second kappa shape index (κ2) is 6.63. The Hall–Kier alpha value is -0.720. The lowest BCUT2D eigenvalue weighted by Crippen LogP contribution is -2.51. The van der Waals surface area contributed by atoms with Crippen molar-refractivity contribution in [3.05, 3.63) is 33.8 Å². The second-order valence-corrected chi connectivity index (χ2v) is 5.27. The Balaban J connectivity index is 0.00000180. The Labute approximate surface area is 124 Å². The van der Waals surface area contributed by atoms with Crippen LogP contribution in [0.25, 0.3) is 0 Å². The van der Waals surface area contributed by atoms with Crippen LogP contribution in [0.3, 0.4) is 0 Å². The van der Waals surface area contributed by atoms with Crippen molar-refractivity contribution in [1.29, 1.82) is 0 Å². The molecule has 0 aliphatic carbocycles. The molecule has 1 amide bonds. The number of piperazine rings is 1. The van der Waals surface area contributed by atoms with Crippen LogP contribution in [-0.4, -0.2) is 36.5 Å². The first-order chi connectivity index (χ1) is 8.49. The molecule has 1 fully saturated rings. The molecule has 0 bridgehead atoms. The van der Waals surface area contributed by atoms with Crippen LogP contribution in [0.4, 0.5) is 8.78 Å². The van der Waals surface area contributed by atoms with Crippen molar-refractivity contribution in [2.24, 2.45) is 0 Å². The predicted octanol–water partition coefficient (Wildman–Crippen LogP) is 2.58. The molecule has 0 unspecified atom stereocenters. The van der Waals surface area contributed by atoms with Gasteiger partial charge in [0.25, 0.3) is 5.91 Å². The van der Waals surface area contributed by atoms with Gasteiger partial charge in [-0.25, -0.2) is 8.78 Å². The first kappa shape index (κ1) is 16.3. The molecule has 1 aliphatic rings. The molecule has 106 valence electrons. The van der Waals surface area contributed by atoms with Gasteiger partial charge in [-0.15, -0.1) is 12.4 Å². The van der Waals surface area contributed by atoms with Gasteiger partial charge in [0.05, 0.1) is 0 Å². The highest BCUT2D eigenvalue weighted by atomic mass is 79.9. The summed E-state index contributed by atoms with van der Waals surface area (Å²) in [6.45, 7) is 3.46. The third-order valence-corrected chi connectivity index (χ3v) is 3.33. The third kappa shape index (κ3) is 3.64. The smallest absolute Gasteiger partial charge is 0.259 e. The lowest BCUT2D eigenvalue weighted by molar-refractivity contribution is 0.0699. The summed E-state index contributed by atoms with van der Waals surface area (Å²) in [4.78, 5) is 13.6. The van der Waals surface area contributed by atoms with Gasteiger partial charge in [0.15, 0.2) is 0 Å². The molecule has 0 radical (unpaired) electrons. The van der Waals surface area contributed by atoms with Gasteiger partial charge in [-0.2, -0.15) is 0 Å². The van der Waals surface area contributed by atoms with Gasteiger partial charge in [0.2, 0.25) is 0 Å². The maximum absolute atomic E-state index is 13.7. The molecule has 3 nitrogen and oxygen atoms in total. The van der Waals surface area contributed by atoms with Crippen molar-refractivity contribution in [1.82, 2.24) is 10.2 Å². The van der Waals surface area contributed by atoms with E-state index >= 15 is 0 Å². The number of carbonyl (C=O) groups is 1. The van der Waals surface area contributed by atoms with Gasteiger partial charge < -0.3 is 10.2 Å². The van der Waals surface area contributed by atoms with E-state index in [0.29, 0.717) is 19.6 Å². The fourth-order valence-electron chi connectivity index (χ4n) is 2.02. The van der Waals surface area contributed by atoms with Crippen LogP contribution >= 0.6 is 28.3 Å². The summed E-state index contributed by atoms with van der Waals surface area (Å²) in [6, 6.07) is 2.33. The van der Waals surface area contributed by atoms with Crippen LogP contribution in [0.15, 0.2) is 16.6 Å². The van der Waals surface area contributed by atoms with E-state index in [1.807, 2.05) is 6.92 Å². The zero-order valence-electron chi connectivity index (χ0n) is 10.3. The van der Waals surface area contributed by atoms with Crippen LogP contribution in [0.5, 0.6) is 0 Å². The second-order valence-electron chi connectivity index (χ2n) is 4.35. The zero-order chi connectivity index (χ0) is 13.3. The van der Waals surface area contributed by atoms with Crippen LogP contribution in [0.1, 0.15) is 17.3 Å². The summed E-state index contributed by atoms with van der Waals surface area (Å²) in [5, 5.41) is 3.17. The summed E-state index contributed by atoms with van der Waals surface area (Å²) in [6.07, 6.45) is 0. The number of hydrogen-bond acceptors (Lipinski definition) is 2. The van der Waals surface area contributed by atoms with Crippen molar-refractivity contribution in [2.45, 2.75) is 13.0 Å². The van der Waals surface area contributed by atoms with Crippen LogP contribution in [-0.2, 0) is 0 Å². The van der Waals surface area contributed by atoms with Crippen LogP contribution in [0, 0.1) is 11.6 Å². The number of nitrogens with zero attached hydrogens (tertiary/aromatic N) is 1. The first-order valence-corrected chi connectivity index (χ1v) is 6.45. The average Bonchev–Trinajstić information content (AvgIpc) is 2.27. The zero-order valence-corrected chi connectivity index (χ0v) is 12.7. The van der Waals surface area contributed by atoms with E-state index in [4.69, 9.17) is 0 Å².